The molecule has 0 amide bonds. The van der Waals surface area contributed by atoms with E-state index in [1.54, 1.807) is 0 Å². The first kappa shape index (κ1) is 18.3. The molecule has 1 spiro atoms. The predicted molar refractivity (Wildman–Crippen MR) is 112 cm³/mol. The fourth-order valence-corrected chi connectivity index (χ4v) is 5.78. The normalized spacial score (nSPS) is 27.1. The van der Waals surface area contributed by atoms with Gasteiger partial charge in [0.25, 0.3) is 0 Å². The summed E-state index contributed by atoms with van der Waals surface area (Å²) in [7, 11) is 0. The van der Waals surface area contributed by atoms with E-state index >= 15 is 0 Å². The minimum Gasteiger partial charge on any atom is -0.371 e. The average molecular weight is 355 g/mol. The van der Waals surface area contributed by atoms with Crippen molar-refractivity contribution in [1.82, 2.24) is 4.90 Å². The van der Waals surface area contributed by atoms with E-state index in [0.29, 0.717) is 10.8 Å². The monoisotopic (exact) mass is 354 g/mol. The second-order valence-electron chi connectivity index (χ2n) is 10.7. The second-order valence-corrected chi connectivity index (χ2v) is 10.7. The van der Waals surface area contributed by atoms with Crippen LogP contribution in [-0.2, 0) is 0 Å². The Balaban J connectivity index is 1.22. The van der Waals surface area contributed by atoms with E-state index in [1.807, 2.05) is 0 Å². The van der Waals surface area contributed by atoms with E-state index in [0.717, 1.165) is 11.8 Å². The maximum Gasteiger partial charge on any atom is 0.0366 e. The Bertz CT molecular complexity index is 596. The van der Waals surface area contributed by atoms with Crippen LogP contribution in [0, 0.1) is 29.6 Å². The third kappa shape index (κ3) is 3.81. The summed E-state index contributed by atoms with van der Waals surface area (Å²) in [5.74, 6) is 1.81. The summed E-state index contributed by atoms with van der Waals surface area (Å²) in [5.41, 5.74) is 3.97. The Labute approximate surface area is 161 Å². The summed E-state index contributed by atoms with van der Waals surface area (Å²) in [6.45, 7) is 16.0. The van der Waals surface area contributed by atoms with Crippen molar-refractivity contribution >= 4 is 5.69 Å². The Kier molecular flexibility index (Phi) is 4.84. The predicted octanol–water partition coefficient (Wildman–Crippen LogP) is 5.36. The molecule has 3 fully saturated rings. The van der Waals surface area contributed by atoms with Gasteiger partial charge in [-0.1, -0.05) is 38.5 Å². The van der Waals surface area contributed by atoms with Gasteiger partial charge in [0.15, 0.2) is 0 Å². The smallest absolute Gasteiger partial charge is 0.0366 e. The number of hydrogen-bond donors (Lipinski definition) is 0. The molecule has 1 aromatic carbocycles. The van der Waals surface area contributed by atoms with Crippen LogP contribution in [0.1, 0.15) is 58.4 Å². The van der Waals surface area contributed by atoms with Gasteiger partial charge in [-0.25, -0.2) is 0 Å². The summed E-state index contributed by atoms with van der Waals surface area (Å²) in [6, 6.07) is 9.08. The summed E-state index contributed by atoms with van der Waals surface area (Å²) >= 11 is 0. The lowest BCUT2D eigenvalue weighted by atomic mass is 9.61. The first-order chi connectivity index (χ1) is 12.3. The average Bonchev–Trinajstić information content (AvgIpc) is 3.02. The van der Waals surface area contributed by atoms with E-state index in [2.05, 4.69) is 61.8 Å². The molecule has 2 heteroatoms. The number of hydrogen-bond acceptors (Lipinski definition) is 2. The van der Waals surface area contributed by atoms with E-state index < -0.39 is 0 Å². The number of likely N-dealkylation sites (tertiary alicyclic amines) is 1. The third-order valence-corrected chi connectivity index (χ3v) is 7.59. The van der Waals surface area contributed by atoms with E-state index in [-0.39, 0.29) is 0 Å². The highest BCUT2D eigenvalue weighted by Crippen LogP contribution is 2.49. The minimum atomic E-state index is 0.508. The Morgan fingerprint density at radius 3 is 2.27 bits per heavy atom. The van der Waals surface area contributed by atoms with Crippen molar-refractivity contribution in [2.24, 2.45) is 22.7 Å². The van der Waals surface area contributed by atoms with Gasteiger partial charge in [-0.3, -0.25) is 0 Å². The molecule has 1 atom stereocenters. The molecule has 4 rings (SSSR count). The van der Waals surface area contributed by atoms with Crippen molar-refractivity contribution < 1.29 is 0 Å². The lowest BCUT2D eigenvalue weighted by Gasteiger charge is -2.55. The second kappa shape index (κ2) is 6.86. The van der Waals surface area contributed by atoms with Gasteiger partial charge >= 0.3 is 0 Å². The number of benzene rings is 1. The first-order valence-electron chi connectivity index (χ1n) is 10.9. The van der Waals surface area contributed by atoms with E-state index in [1.165, 1.54) is 76.1 Å². The zero-order valence-electron chi connectivity index (χ0n) is 17.4. The Hall–Kier alpha value is -1.02. The van der Waals surface area contributed by atoms with Crippen LogP contribution < -0.4 is 4.90 Å². The largest absolute Gasteiger partial charge is 0.371 e. The van der Waals surface area contributed by atoms with E-state index in [9.17, 15) is 0 Å². The lowest BCUT2D eigenvalue weighted by Crippen LogP contribution is -2.58. The summed E-state index contributed by atoms with van der Waals surface area (Å²) in [5, 5.41) is 0. The highest BCUT2D eigenvalue weighted by Gasteiger charge is 2.46. The van der Waals surface area contributed by atoms with Gasteiger partial charge in [0.2, 0.25) is 0 Å². The number of rotatable bonds is 3. The fraction of sp³-hybridized carbons (Fsp3) is 0.750. The molecule has 1 aliphatic carbocycles. The summed E-state index contributed by atoms with van der Waals surface area (Å²) in [6.07, 6.45) is 7.24. The van der Waals surface area contributed by atoms with Gasteiger partial charge in [-0.15, -0.1) is 0 Å². The molecule has 1 unspecified atom stereocenters. The summed E-state index contributed by atoms with van der Waals surface area (Å²) < 4.78 is 0. The molecule has 2 nitrogen and oxygen atoms in total. The number of nitrogens with zero attached hydrogens (tertiary/aromatic N) is 2. The molecule has 3 aliphatic rings. The van der Waals surface area contributed by atoms with Crippen molar-refractivity contribution in [3.05, 3.63) is 29.8 Å². The maximum absolute atomic E-state index is 2.76. The standard InChI is InChI=1S/C24H38N2/c1-19-5-7-22(8-6-19)26-14-11-20(16-26)15-25-17-24(18-25)12-9-21(10-13-24)23(2,3)4/h5-8,20-21H,9-18H2,1-4H3. The van der Waals surface area contributed by atoms with Crippen LogP contribution in [0.2, 0.25) is 0 Å². The number of aryl methyl sites for hydroxylation is 1. The third-order valence-electron chi connectivity index (χ3n) is 7.59. The summed E-state index contributed by atoms with van der Waals surface area (Å²) in [4.78, 5) is 5.36. The molecular weight excluding hydrogens is 316 g/mol. The molecular formula is C24H38N2. The molecule has 144 valence electrons. The van der Waals surface area contributed by atoms with Crippen LogP contribution in [0.4, 0.5) is 5.69 Å². The molecule has 0 N–H and O–H groups in total. The first-order valence-corrected chi connectivity index (χ1v) is 10.9. The molecule has 1 aromatic rings. The van der Waals surface area contributed by atoms with Crippen LogP contribution in [0.15, 0.2) is 24.3 Å². The quantitative estimate of drug-likeness (QED) is 0.721. The van der Waals surface area contributed by atoms with Crippen LogP contribution in [-0.4, -0.2) is 37.6 Å². The van der Waals surface area contributed by atoms with Gasteiger partial charge < -0.3 is 9.80 Å². The lowest BCUT2D eigenvalue weighted by molar-refractivity contribution is -0.0547. The maximum atomic E-state index is 2.76. The van der Waals surface area contributed by atoms with Crippen molar-refractivity contribution in [2.75, 3.05) is 37.6 Å². The molecule has 26 heavy (non-hydrogen) atoms. The van der Waals surface area contributed by atoms with Crippen LogP contribution in [0.3, 0.4) is 0 Å². The number of anilines is 1. The Morgan fingerprint density at radius 2 is 1.65 bits per heavy atom. The van der Waals surface area contributed by atoms with Crippen molar-refractivity contribution in [3.8, 4) is 0 Å². The highest BCUT2D eigenvalue weighted by atomic mass is 15.2. The van der Waals surface area contributed by atoms with Gasteiger partial charge in [-0.05, 0) is 73.8 Å². The van der Waals surface area contributed by atoms with Crippen molar-refractivity contribution in [1.29, 1.82) is 0 Å². The Morgan fingerprint density at radius 1 is 1.00 bits per heavy atom. The molecule has 0 bridgehead atoms. The van der Waals surface area contributed by atoms with Gasteiger partial charge in [0.05, 0.1) is 0 Å². The minimum absolute atomic E-state index is 0.508. The topological polar surface area (TPSA) is 6.48 Å². The molecule has 2 saturated heterocycles. The molecule has 1 saturated carbocycles. The zero-order valence-corrected chi connectivity index (χ0v) is 17.4. The highest BCUT2D eigenvalue weighted by molar-refractivity contribution is 5.48. The zero-order chi connectivity index (χ0) is 18.4. The molecule has 2 aliphatic heterocycles. The SMILES string of the molecule is Cc1ccc(N2CCC(CN3CC4(CCC(C(C)(C)C)CC4)C3)C2)cc1. The van der Waals surface area contributed by atoms with E-state index in [4.69, 9.17) is 0 Å². The van der Waals surface area contributed by atoms with Crippen molar-refractivity contribution in [3.63, 3.8) is 0 Å². The molecule has 2 heterocycles. The molecule has 0 aromatic heterocycles. The fourth-order valence-electron chi connectivity index (χ4n) is 5.78. The van der Waals surface area contributed by atoms with Crippen LogP contribution in [0.25, 0.3) is 0 Å². The van der Waals surface area contributed by atoms with Gasteiger partial charge in [0, 0.05) is 38.4 Å². The van der Waals surface area contributed by atoms with Crippen LogP contribution >= 0.6 is 0 Å². The van der Waals surface area contributed by atoms with Crippen LogP contribution in [0.5, 0.6) is 0 Å². The van der Waals surface area contributed by atoms with Crippen molar-refractivity contribution in [2.45, 2.75) is 59.8 Å². The molecule has 0 radical (unpaired) electrons. The van der Waals surface area contributed by atoms with Gasteiger partial charge in [0.1, 0.15) is 0 Å². The van der Waals surface area contributed by atoms with Gasteiger partial charge in [-0.2, -0.15) is 0 Å².